The molecule has 0 bridgehead atoms. The average molecular weight is 397 g/mol. The number of aromatic nitrogens is 3. The minimum Gasteiger partial charge on any atom is -0.459 e. The third-order valence-electron chi connectivity index (χ3n) is 4.28. The molecule has 0 aliphatic carbocycles. The van der Waals surface area contributed by atoms with Crippen molar-refractivity contribution in [3.8, 4) is 11.5 Å². The van der Waals surface area contributed by atoms with Crippen LogP contribution in [0.25, 0.3) is 11.5 Å². The lowest BCUT2D eigenvalue weighted by molar-refractivity contribution is 0.0272. The molecule has 0 aliphatic heterocycles. The predicted molar refractivity (Wildman–Crippen MR) is 104 cm³/mol. The van der Waals surface area contributed by atoms with Gasteiger partial charge in [0.15, 0.2) is 6.10 Å². The van der Waals surface area contributed by atoms with Gasteiger partial charge in [0.1, 0.15) is 5.69 Å². The fourth-order valence-corrected chi connectivity index (χ4v) is 2.90. The molecule has 29 heavy (non-hydrogen) atoms. The lowest BCUT2D eigenvalue weighted by Crippen LogP contribution is -2.14. The highest BCUT2D eigenvalue weighted by Gasteiger charge is 2.27. The number of aryl methyl sites for hydroxylation is 1. The molecule has 2 heterocycles. The number of carbonyl (C=O) groups is 2. The summed E-state index contributed by atoms with van der Waals surface area (Å²) in [5.74, 6) is -0.587. The van der Waals surface area contributed by atoms with E-state index in [4.69, 9.17) is 13.9 Å². The highest BCUT2D eigenvalue weighted by Crippen LogP contribution is 2.25. The molecule has 1 N–H and O–H groups in total. The number of esters is 2. The lowest BCUT2D eigenvalue weighted by atomic mass is 10.1. The van der Waals surface area contributed by atoms with Crippen LogP contribution in [0.3, 0.4) is 0 Å². The van der Waals surface area contributed by atoms with Gasteiger partial charge in [-0.2, -0.15) is 0 Å². The number of nitrogens with zero attached hydrogens (tertiary/aromatic N) is 2. The largest absolute Gasteiger partial charge is 0.459 e. The fourth-order valence-electron chi connectivity index (χ4n) is 2.90. The summed E-state index contributed by atoms with van der Waals surface area (Å²) in [5.41, 5.74) is 2.31. The summed E-state index contributed by atoms with van der Waals surface area (Å²) >= 11 is 0. The minimum atomic E-state index is -0.762. The van der Waals surface area contributed by atoms with Gasteiger partial charge in [0.25, 0.3) is 5.89 Å². The van der Waals surface area contributed by atoms with Crippen molar-refractivity contribution in [2.45, 2.75) is 46.8 Å². The molecule has 8 heteroatoms. The van der Waals surface area contributed by atoms with E-state index in [9.17, 15) is 9.59 Å². The van der Waals surface area contributed by atoms with E-state index < -0.39 is 18.0 Å². The molecular formula is C21H23N3O5. The van der Waals surface area contributed by atoms with Crippen LogP contribution in [0.5, 0.6) is 0 Å². The maximum atomic E-state index is 12.6. The summed E-state index contributed by atoms with van der Waals surface area (Å²) in [6.45, 7) is 8.54. The predicted octanol–water partition coefficient (Wildman–Crippen LogP) is 4.16. The maximum Gasteiger partial charge on any atom is 0.355 e. The van der Waals surface area contributed by atoms with Crippen molar-refractivity contribution in [3.63, 3.8) is 0 Å². The van der Waals surface area contributed by atoms with Gasteiger partial charge in [-0.15, -0.1) is 10.2 Å². The number of aromatic amines is 1. The van der Waals surface area contributed by atoms with E-state index in [0.717, 1.165) is 5.56 Å². The van der Waals surface area contributed by atoms with Crippen molar-refractivity contribution in [3.05, 3.63) is 58.7 Å². The Morgan fingerprint density at radius 1 is 1.00 bits per heavy atom. The standard InChI is InChI=1S/C21H23N3O5/c1-11(2)27-20(25)16-12(3)17(22-13(16)4)21(26)28-14(5)18-23-24-19(29-18)15-9-7-6-8-10-15/h6-11,14,22H,1-5H3/t14-/m0/s1. The van der Waals surface area contributed by atoms with E-state index in [0.29, 0.717) is 22.7 Å². The second-order valence-electron chi connectivity index (χ2n) is 6.94. The topological polar surface area (TPSA) is 107 Å². The summed E-state index contributed by atoms with van der Waals surface area (Å²) < 4.78 is 16.3. The molecule has 0 fully saturated rings. The zero-order valence-electron chi connectivity index (χ0n) is 17.0. The van der Waals surface area contributed by atoms with Gasteiger partial charge < -0.3 is 18.9 Å². The Morgan fingerprint density at radius 3 is 2.34 bits per heavy atom. The molecule has 0 saturated heterocycles. The highest BCUT2D eigenvalue weighted by molar-refractivity contribution is 5.98. The number of carbonyl (C=O) groups excluding carboxylic acids is 2. The molecule has 0 saturated carbocycles. The zero-order chi connectivity index (χ0) is 21.1. The Morgan fingerprint density at radius 2 is 1.69 bits per heavy atom. The third-order valence-corrected chi connectivity index (χ3v) is 4.28. The van der Waals surface area contributed by atoms with Crippen molar-refractivity contribution in [2.75, 3.05) is 0 Å². The molecule has 3 rings (SSSR count). The second-order valence-corrected chi connectivity index (χ2v) is 6.94. The number of hydrogen-bond acceptors (Lipinski definition) is 7. The highest BCUT2D eigenvalue weighted by atomic mass is 16.6. The Balaban J connectivity index is 1.75. The molecule has 0 unspecified atom stereocenters. The lowest BCUT2D eigenvalue weighted by Gasteiger charge is -2.10. The van der Waals surface area contributed by atoms with Crippen molar-refractivity contribution in [1.82, 2.24) is 15.2 Å². The maximum absolute atomic E-state index is 12.6. The minimum absolute atomic E-state index is 0.178. The molecule has 1 aromatic carbocycles. The van der Waals surface area contributed by atoms with Crippen LogP contribution in [0.1, 0.15) is 64.9 Å². The number of rotatable bonds is 6. The van der Waals surface area contributed by atoms with Crippen molar-refractivity contribution >= 4 is 11.9 Å². The van der Waals surface area contributed by atoms with Crippen molar-refractivity contribution in [2.24, 2.45) is 0 Å². The van der Waals surface area contributed by atoms with Crippen molar-refractivity contribution in [1.29, 1.82) is 0 Å². The normalized spacial score (nSPS) is 12.1. The first-order valence-electron chi connectivity index (χ1n) is 9.27. The SMILES string of the molecule is Cc1[nH]c(C(=O)O[C@@H](C)c2nnc(-c3ccccc3)o2)c(C)c1C(=O)OC(C)C. The first-order valence-corrected chi connectivity index (χ1v) is 9.27. The van der Waals surface area contributed by atoms with E-state index in [2.05, 4.69) is 15.2 Å². The van der Waals surface area contributed by atoms with E-state index in [1.54, 1.807) is 34.6 Å². The van der Waals surface area contributed by atoms with Gasteiger partial charge in [-0.25, -0.2) is 9.59 Å². The van der Waals surface area contributed by atoms with E-state index >= 15 is 0 Å². The smallest absolute Gasteiger partial charge is 0.355 e. The number of benzene rings is 1. The van der Waals surface area contributed by atoms with Crippen LogP contribution in [0.2, 0.25) is 0 Å². The van der Waals surface area contributed by atoms with Crippen molar-refractivity contribution < 1.29 is 23.5 Å². The van der Waals surface area contributed by atoms with E-state index in [-0.39, 0.29) is 17.7 Å². The fraction of sp³-hybridized carbons (Fsp3) is 0.333. The van der Waals surface area contributed by atoms with Crippen LogP contribution in [-0.2, 0) is 9.47 Å². The molecule has 152 valence electrons. The van der Waals surface area contributed by atoms with Gasteiger partial charge in [0.2, 0.25) is 5.89 Å². The monoisotopic (exact) mass is 397 g/mol. The molecule has 0 amide bonds. The molecule has 8 nitrogen and oxygen atoms in total. The van der Waals surface area contributed by atoms with Crippen LogP contribution in [0.15, 0.2) is 34.7 Å². The van der Waals surface area contributed by atoms with E-state index in [1.807, 2.05) is 30.3 Å². The molecule has 0 radical (unpaired) electrons. The first-order chi connectivity index (χ1) is 13.8. The van der Waals surface area contributed by atoms with Gasteiger partial charge in [-0.05, 0) is 52.3 Å². The van der Waals surface area contributed by atoms with Gasteiger partial charge in [0, 0.05) is 11.3 Å². The first kappa shape index (κ1) is 20.3. The molecule has 0 aliphatic rings. The molecule has 3 aromatic rings. The van der Waals surface area contributed by atoms with Gasteiger partial charge in [-0.3, -0.25) is 0 Å². The summed E-state index contributed by atoms with van der Waals surface area (Å²) in [7, 11) is 0. The number of hydrogen-bond donors (Lipinski definition) is 1. The van der Waals surface area contributed by atoms with Crippen LogP contribution >= 0.6 is 0 Å². The molecule has 2 aromatic heterocycles. The summed E-state index contributed by atoms with van der Waals surface area (Å²) in [5, 5.41) is 7.96. The summed E-state index contributed by atoms with van der Waals surface area (Å²) in [6, 6.07) is 9.30. The Kier molecular flexibility index (Phi) is 5.81. The van der Waals surface area contributed by atoms with Crippen LogP contribution < -0.4 is 0 Å². The van der Waals surface area contributed by atoms with E-state index in [1.165, 1.54) is 0 Å². The van der Waals surface area contributed by atoms with Gasteiger partial charge in [-0.1, -0.05) is 18.2 Å². The Bertz CT molecular complexity index is 1020. The Hall–Kier alpha value is -3.42. The number of H-pyrrole nitrogens is 1. The van der Waals surface area contributed by atoms with Crippen LogP contribution in [0, 0.1) is 13.8 Å². The summed E-state index contributed by atoms with van der Waals surface area (Å²) in [6.07, 6.45) is -1.02. The molecule has 1 atom stereocenters. The summed E-state index contributed by atoms with van der Waals surface area (Å²) in [4.78, 5) is 27.8. The average Bonchev–Trinajstić information content (AvgIpc) is 3.27. The third kappa shape index (κ3) is 4.37. The van der Waals surface area contributed by atoms with Gasteiger partial charge >= 0.3 is 11.9 Å². The van der Waals surface area contributed by atoms with Crippen LogP contribution in [-0.4, -0.2) is 33.2 Å². The number of ether oxygens (including phenoxy) is 2. The van der Waals surface area contributed by atoms with Gasteiger partial charge in [0.05, 0.1) is 11.7 Å². The quantitative estimate of drug-likeness (QED) is 0.622. The number of nitrogens with one attached hydrogen (secondary N) is 1. The molecular weight excluding hydrogens is 374 g/mol. The second kappa shape index (κ2) is 8.30. The zero-order valence-corrected chi connectivity index (χ0v) is 17.0. The van der Waals surface area contributed by atoms with Crippen LogP contribution in [0.4, 0.5) is 0 Å². The molecule has 0 spiro atoms. The Labute approximate surface area is 168 Å².